The van der Waals surface area contributed by atoms with Crippen LogP contribution in [-0.4, -0.2) is 12.1 Å². The third kappa shape index (κ3) is 2.53. The highest BCUT2D eigenvalue weighted by atomic mass is 16.5. The molecule has 0 aliphatic carbocycles. The van der Waals surface area contributed by atoms with Crippen molar-refractivity contribution in [3.8, 4) is 17.9 Å². The minimum absolute atomic E-state index is 0.233. The van der Waals surface area contributed by atoms with E-state index in [1.807, 2.05) is 42.5 Å². The smallest absolute Gasteiger partial charge is 0.159 e. The molecule has 4 heteroatoms. The molecule has 0 saturated heterocycles. The van der Waals surface area contributed by atoms with E-state index in [-0.39, 0.29) is 11.1 Å². The van der Waals surface area contributed by atoms with E-state index < -0.39 is 0 Å². The van der Waals surface area contributed by atoms with E-state index in [0.29, 0.717) is 17.9 Å². The van der Waals surface area contributed by atoms with Gasteiger partial charge < -0.3 is 4.74 Å². The summed E-state index contributed by atoms with van der Waals surface area (Å²) in [5, 5.41) is 18.1. The molecule has 0 spiro atoms. The molecule has 2 rings (SSSR count). The maximum absolute atomic E-state index is 9.14. The van der Waals surface area contributed by atoms with Crippen LogP contribution in [0.1, 0.15) is 22.4 Å². The maximum Gasteiger partial charge on any atom is 0.159 e. The summed E-state index contributed by atoms with van der Waals surface area (Å²) in [6, 6.07) is 13.7. The molecule has 0 atom stereocenters. The first kappa shape index (κ1) is 12.6. The number of aromatic nitrogens is 1. The largest absolute Gasteiger partial charge is 0.493 e. The molecular weight excluding hydrogens is 238 g/mol. The molecule has 1 heterocycles. The van der Waals surface area contributed by atoms with Crippen LogP contribution in [0.3, 0.4) is 0 Å². The van der Waals surface area contributed by atoms with E-state index in [2.05, 4.69) is 4.98 Å². The van der Waals surface area contributed by atoms with Gasteiger partial charge in [-0.2, -0.15) is 10.5 Å². The molecule has 92 valence electrons. The molecule has 2 aromatic rings. The average Bonchev–Trinajstić information content (AvgIpc) is 2.47. The van der Waals surface area contributed by atoms with Crippen LogP contribution < -0.4 is 4.74 Å². The van der Waals surface area contributed by atoms with Crippen molar-refractivity contribution in [1.29, 1.82) is 10.5 Å². The summed E-state index contributed by atoms with van der Waals surface area (Å²) in [5.41, 5.74) is 2.20. The van der Waals surface area contributed by atoms with Gasteiger partial charge in [-0.3, -0.25) is 4.98 Å². The van der Waals surface area contributed by atoms with Crippen LogP contribution in [0.2, 0.25) is 0 Å². The first-order chi connectivity index (χ1) is 9.30. The van der Waals surface area contributed by atoms with Crippen molar-refractivity contribution < 1.29 is 4.74 Å². The van der Waals surface area contributed by atoms with Gasteiger partial charge in [0.1, 0.15) is 17.7 Å². The molecular formula is C15H11N3O. The van der Waals surface area contributed by atoms with Crippen LogP contribution in [0.25, 0.3) is 0 Å². The van der Waals surface area contributed by atoms with E-state index in [4.69, 9.17) is 15.3 Å². The minimum atomic E-state index is 0.233. The zero-order valence-electron chi connectivity index (χ0n) is 10.4. The molecule has 0 N–H and O–H groups in total. The lowest BCUT2D eigenvalue weighted by Crippen LogP contribution is -2.02. The highest BCUT2D eigenvalue weighted by molar-refractivity contribution is 5.55. The van der Waals surface area contributed by atoms with Crippen LogP contribution in [0.15, 0.2) is 36.5 Å². The van der Waals surface area contributed by atoms with Gasteiger partial charge in [0, 0.05) is 12.6 Å². The number of hydrogen-bond donors (Lipinski definition) is 0. The van der Waals surface area contributed by atoms with Crippen molar-refractivity contribution in [3.63, 3.8) is 0 Å². The topological polar surface area (TPSA) is 69.7 Å². The zero-order chi connectivity index (χ0) is 13.7. The molecule has 1 aromatic heterocycles. The fourth-order valence-corrected chi connectivity index (χ4v) is 1.86. The highest BCUT2D eigenvalue weighted by Crippen LogP contribution is 2.26. The number of hydrogen-bond acceptors (Lipinski definition) is 4. The lowest BCUT2D eigenvalue weighted by Gasteiger charge is -2.10. The van der Waals surface area contributed by atoms with Crippen molar-refractivity contribution >= 4 is 0 Å². The summed E-state index contributed by atoms with van der Waals surface area (Å²) in [6.45, 7) is 0. The number of methoxy groups -OCH3 is 1. The van der Waals surface area contributed by atoms with Crippen molar-refractivity contribution in [3.05, 3.63) is 58.9 Å². The summed E-state index contributed by atoms with van der Waals surface area (Å²) in [4.78, 5) is 4.23. The molecule has 0 saturated carbocycles. The lowest BCUT2D eigenvalue weighted by molar-refractivity contribution is 0.406. The molecule has 0 amide bonds. The third-order valence-corrected chi connectivity index (χ3v) is 2.76. The Kier molecular flexibility index (Phi) is 3.75. The van der Waals surface area contributed by atoms with E-state index in [1.165, 1.54) is 13.3 Å². The first-order valence-electron chi connectivity index (χ1n) is 5.70. The van der Waals surface area contributed by atoms with E-state index in [1.54, 1.807) is 0 Å². The van der Waals surface area contributed by atoms with Crippen LogP contribution >= 0.6 is 0 Å². The number of nitrogens with zero attached hydrogens (tertiary/aromatic N) is 3. The number of nitriles is 2. The number of rotatable bonds is 3. The minimum Gasteiger partial charge on any atom is -0.493 e. The molecule has 0 fully saturated rings. The summed E-state index contributed by atoms with van der Waals surface area (Å²) < 4.78 is 5.25. The number of benzene rings is 1. The van der Waals surface area contributed by atoms with Gasteiger partial charge in [-0.05, 0) is 5.56 Å². The number of ether oxygens (including phenoxy) is 1. The maximum atomic E-state index is 9.14. The van der Waals surface area contributed by atoms with Gasteiger partial charge in [-0.15, -0.1) is 0 Å². The Morgan fingerprint density at radius 3 is 2.47 bits per heavy atom. The average molecular weight is 249 g/mol. The van der Waals surface area contributed by atoms with Gasteiger partial charge in [0.15, 0.2) is 5.75 Å². The molecule has 0 aliphatic rings. The molecule has 0 bridgehead atoms. The second-order valence-electron chi connectivity index (χ2n) is 3.91. The van der Waals surface area contributed by atoms with Gasteiger partial charge in [-0.1, -0.05) is 30.3 Å². The molecule has 19 heavy (non-hydrogen) atoms. The standard InChI is InChI=1S/C15H11N3O/c1-19-15-13(9-17)12(8-16)10-18-14(15)7-11-5-3-2-4-6-11/h2-6,10H,7H2,1H3. The van der Waals surface area contributed by atoms with Crippen LogP contribution in [0.5, 0.6) is 5.75 Å². The lowest BCUT2D eigenvalue weighted by atomic mass is 10.0. The van der Waals surface area contributed by atoms with Gasteiger partial charge in [-0.25, -0.2) is 0 Å². The van der Waals surface area contributed by atoms with E-state index in [9.17, 15) is 0 Å². The third-order valence-electron chi connectivity index (χ3n) is 2.76. The number of pyridine rings is 1. The van der Waals surface area contributed by atoms with E-state index >= 15 is 0 Å². The Bertz CT molecular complexity index is 666. The second kappa shape index (κ2) is 5.66. The van der Waals surface area contributed by atoms with Crippen LogP contribution in [0.4, 0.5) is 0 Å². The molecule has 0 unspecified atom stereocenters. The van der Waals surface area contributed by atoms with E-state index in [0.717, 1.165) is 5.56 Å². The summed E-state index contributed by atoms with van der Waals surface area (Å²) in [7, 11) is 1.48. The van der Waals surface area contributed by atoms with Crippen molar-refractivity contribution in [2.45, 2.75) is 6.42 Å². The summed E-state index contributed by atoms with van der Waals surface area (Å²) in [5.74, 6) is 0.380. The molecule has 1 aromatic carbocycles. The van der Waals surface area contributed by atoms with Gasteiger partial charge in [0.25, 0.3) is 0 Å². The predicted molar refractivity (Wildman–Crippen MR) is 69.5 cm³/mol. The first-order valence-corrected chi connectivity index (χ1v) is 5.70. The zero-order valence-corrected chi connectivity index (χ0v) is 10.4. The Hall–Kier alpha value is -2.85. The SMILES string of the molecule is COc1c(Cc2ccccc2)ncc(C#N)c1C#N. The second-order valence-corrected chi connectivity index (χ2v) is 3.91. The monoisotopic (exact) mass is 249 g/mol. The Balaban J connectivity index is 2.48. The highest BCUT2D eigenvalue weighted by Gasteiger charge is 2.15. The van der Waals surface area contributed by atoms with Gasteiger partial charge in [0.2, 0.25) is 0 Å². The predicted octanol–water partition coefficient (Wildman–Crippen LogP) is 2.42. The van der Waals surface area contributed by atoms with Crippen LogP contribution in [-0.2, 0) is 6.42 Å². The Morgan fingerprint density at radius 2 is 1.89 bits per heavy atom. The van der Waals surface area contributed by atoms with Crippen molar-refractivity contribution in [2.24, 2.45) is 0 Å². The van der Waals surface area contributed by atoms with Gasteiger partial charge >= 0.3 is 0 Å². The Labute approximate surface area is 111 Å². The normalized spacial score (nSPS) is 9.42. The molecule has 0 radical (unpaired) electrons. The summed E-state index contributed by atoms with van der Waals surface area (Å²) >= 11 is 0. The molecule has 4 nitrogen and oxygen atoms in total. The summed E-state index contributed by atoms with van der Waals surface area (Å²) in [6.07, 6.45) is 1.98. The van der Waals surface area contributed by atoms with Gasteiger partial charge in [0.05, 0.1) is 18.4 Å². The fourth-order valence-electron chi connectivity index (χ4n) is 1.86. The fraction of sp³-hybridized carbons (Fsp3) is 0.133. The van der Waals surface area contributed by atoms with Crippen molar-refractivity contribution in [1.82, 2.24) is 4.98 Å². The quantitative estimate of drug-likeness (QED) is 0.837. The molecule has 0 aliphatic heterocycles. The Morgan fingerprint density at radius 1 is 1.16 bits per heavy atom. The van der Waals surface area contributed by atoms with Crippen molar-refractivity contribution in [2.75, 3.05) is 7.11 Å². The van der Waals surface area contributed by atoms with Crippen LogP contribution in [0, 0.1) is 22.7 Å².